The van der Waals surface area contributed by atoms with Gasteiger partial charge in [0.2, 0.25) is 0 Å². The molecule has 0 saturated heterocycles. The normalized spacial score (nSPS) is 11.2. The molecule has 0 amide bonds. The highest BCUT2D eigenvalue weighted by molar-refractivity contribution is 14.1. The number of allylic oxidation sites excluding steroid dienone is 1. The van der Waals surface area contributed by atoms with E-state index >= 15 is 0 Å². The van der Waals surface area contributed by atoms with Gasteiger partial charge in [-0.25, -0.2) is 0 Å². The fourth-order valence-corrected chi connectivity index (χ4v) is 5.10. The van der Waals surface area contributed by atoms with Crippen LogP contribution in [0.4, 0.5) is 0 Å². The molecule has 0 aromatic heterocycles. The second kappa shape index (κ2) is 10.1. The van der Waals surface area contributed by atoms with Crippen molar-refractivity contribution >= 4 is 79.4 Å². The summed E-state index contributed by atoms with van der Waals surface area (Å²) in [7, 11) is 0. The lowest BCUT2D eigenvalue weighted by molar-refractivity contribution is 0.301. The molecule has 0 aliphatic carbocycles. The Labute approximate surface area is 206 Å². The molecule has 140 valence electrons. The molecule has 0 N–H and O–H groups in total. The van der Waals surface area contributed by atoms with E-state index in [1.807, 2.05) is 37.3 Å². The number of hydrogen-bond donors (Lipinski definition) is 0. The molecule has 28 heavy (non-hydrogen) atoms. The quantitative estimate of drug-likeness (QED) is 0.157. The lowest BCUT2D eigenvalue weighted by Crippen LogP contribution is -1.99. The second-order valence-electron chi connectivity index (χ2n) is 6.26. The molecular formula is C23H16I3NO. The van der Waals surface area contributed by atoms with Crippen LogP contribution < -0.4 is 4.74 Å². The minimum Gasteiger partial charge on any atom is -0.487 e. The Morgan fingerprint density at radius 1 is 0.964 bits per heavy atom. The van der Waals surface area contributed by atoms with Crippen LogP contribution in [0, 0.1) is 29.0 Å². The second-order valence-corrected chi connectivity index (χ2v) is 9.83. The van der Waals surface area contributed by atoms with Crippen LogP contribution in [0.5, 0.6) is 5.75 Å². The maximum Gasteiger partial charge on any atom is 0.146 e. The molecule has 5 heteroatoms. The van der Waals surface area contributed by atoms with Crippen molar-refractivity contribution < 1.29 is 4.74 Å². The van der Waals surface area contributed by atoms with Crippen LogP contribution in [0.15, 0.2) is 60.7 Å². The van der Waals surface area contributed by atoms with Gasteiger partial charge in [-0.3, -0.25) is 0 Å². The zero-order valence-electron chi connectivity index (χ0n) is 15.0. The predicted octanol–water partition coefficient (Wildman–Crippen LogP) is 7.45. The highest BCUT2D eigenvalue weighted by atomic mass is 127. The summed E-state index contributed by atoms with van der Waals surface area (Å²) in [6, 6.07) is 22.8. The van der Waals surface area contributed by atoms with Crippen molar-refractivity contribution in [1.82, 2.24) is 0 Å². The van der Waals surface area contributed by atoms with Gasteiger partial charge in [-0.15, -0.1) is 0 Å². The molecular weight excluding hydrogens is 687 g/mol. The first-order valence-electron chi connectivity index (χ1n) is 8.51. The minimum absolute atomic E-state index is 0.533. The Hall–Kier alpha value is -1.12. The van der Waals surface area contributed by atoms with E-state index in [1.54, 1.807) is 0 Å². The SMILES string of the molecule is Cc1ccc(/C(C#N)=C\c2cc(I)c(OCc3ccc(I)cc3)c(I)c2)cc1. The van der Waals surface area contributed by atoms with E-state index in [0.717, 1.165) is 29.6 Å². The summed E-state index contributed by atoms with van der Waals surface area (Å²) in [5.74, 6) is 0.880. The molecule has 2 nitrogen and oxygen atoms in total. The monoisotopic (exact) mass is 703 g/mol. The van der Waals surface area contributed by atoms with Crippen molar-refractivity contribution in [3.63, 3.8) is 0 Å². The fourth-order valence-electron chi connectivity index (χ4n) is 2.62. The molecule has 0 unspecified atom stereocenters. The summed E-state index contributed by atoms with van der Waals surface area (Å²) in [4.78, 5) is 0. The van der Waals surface area contributed by atoms with Gasteiger partial charge in [0.1, 0.15) is 12.4 Å². The molecule has 0 saturated carbocycles. The Balaban J connectivity index is 1.83. The molecule has 0 bridgehead atoms. The van der Waals surface area contributed by atoms with Gasteiger partial charge < -0.3 is 4.74 Å². The minimum atomic E-state index is 0.533. The number of benzene rings is 3. The van der Waals surface area contributed by atoms with Crippen molar-refractivity contribution in [1.29, 1.82) is 5.26 Å². The summed E-state index contributed by atoms with van der Waals surface area (Å²) >= 11 is 6.89. The first kappa shape index (κ1) is 21.6. The Morgan fingerprint density at radius 2 is 1.57 bits per heavy atom. The smallest absolute Gasteiger partial charge is 0.146 e. The summed E-state index contributed by atoms with van der Waals surface area (Å²) in [5, 5.41) is 9.59. The number of rotatable bonds is 5. The summed E-state index contributed by atoms with van der Waals surface area (Å²) in [5.41, 5.74) is 4.89. The number of ether oxygens (including phenoxy) is 1. The van der Waals surface area contributed by atoms with Gasteiger partial charge in [0.25, 0.3) is 0 Å². The van der Waals surface area contributed by atoms with E-state index < -0.39 is 0 Å². The third-order valence-corrected chi connectivity index (χ3v) is 6.43. The lowest BCUT2D eigenvalue weighted by Gasteiger charge is -2.12. The number of nitriles is 1. The van der Waals surface area contributed by atoms with Gasteiger partial charge in [0.05, 0.1) is 18.8 Å². The molecule has 3 aromatic carbocycles. The van der Waals surface area contributed by atoms with E-state index in [0.29, 0.717) is 12.2 Å². The van der Waals surface area contributed by atoms with Crippen LogP contribution in [0.1, 0.15) is 22.3 Å². The average Bonchev–Trinajstić information content (AvgIpc) is 2.67. The molecule has 0 aliphatic rings. The molecule has 3 aromatic rings. The highest BCUT2D eigenvalue weighted by Crippen LogP contribution is 2.31. The number of nitrogens with zero attached hydrogens (tertiary/aromatic N) is 1. The predicted molar refractivity (Wildman–Crippen MR) is 140 cm³/mol. The van der Waals surface area contributed by atoms with Crippen LogP contribution >= 0.6 is 67.8 Å². The number of hydrogen-bond acceptors (Lipinski definition) is 2. The standard InChI is InChI=1S/C23H16I3NO/c1-15-2-6-18(7-3-15)19(13-27)10-17-11-21(25)23(22(26)12-17)28-14-16-4-8-20(24)9-5-16/h2-12H,14H2,1H3/b19-10-. The van der Waals surface area contributed by atoms with Crippen molar-refractivity contribution in [2.45, 2.75) is 13.5 Å². The van der Waals surface area contributed by atoms with Crippen molar-refractivity contribution in [3.8, 4) is 11.8 Å². The maximum absolute atomic E-state index is 9.59. The van der Waals surface area contributed by atoms with E-state index in [4.69, 9.17) is 4.74 Å². The van der Waals surface area contributed by atoms with Crippen LogP contribution in [-0.2, 0) is 6.61 Å². The third-order valence-electron chi connectivity index (χ3n) is 4.11. The Morgan fingerprint density at radius 3 is 2.14 bits per heavy atom. The van der Waals surface area contributed by atoms with Crippen molar-refractivity contribution in [2.24, 2.45) is 0 Å². The van der Waals surface area contributed by atoms with E-state index in [1.165, 1.54) is 9.13 Å². The zero-order valence-corrected chi connectivity index (χ0v) is 21.5. The Bertz CT molecular complexity index is 1030. The van der Waals surface area contributed by atoms with Gasteiger partial charge in [-0.2, -0.15) is 5.26 Å². The fraction of sp³-hybridized carbons (Fsp3) is 0.0870. The van der Waals surface area contributed by atoms with Gasteiger partial charge in [-0.1, -0.05) is 42.0 Å². The van der Waals surface area contributed by atoms with E-state index in [9.17, 15) is 5.26 Å². The van der Waals surface area contributed by atoms with Gasteiger partial charge in [-0.05, 0) is 122 Å². The molecule has 0 radical (unpaired) electrons. The maximum atomic E-state index is 9.59. The molecule has 0 spiro atoms. The number of halogens is 3. The zero-order chi connectivity index (χ0) is 20.1. The van der Waals surface area contributed by atoms with Crippen LogP contribution in [0.25, 0.3) is 11.6 Å². The van der Waals surface area contributed by atoms with E-state index in [-0.39, 0.29) is 0 Å². The summed E-state index contributed by atoms with van der Waals surface area (Å²) in [6.45, 7) is 2.57. The largest absolute Gasteiger partial charge is 0.487 e. The van der Waals surface area contributed by atoms with Crippen molar-refractivity contribution in [2.75, 3.05) is 0 Å². The highest BCUT2D eigenvalue weighted by Gasteiger charge is 2.10. The first-order chi connectivity index (χ1) is 13.5. The summed E-state index contributed by atoms with van der Waals surface area (Å²) < 4.78 is 9.35. The molecule has 3 rings (SSSR count). The molecule has 0 heterocycles. The van der Waals surface area contributed by atoms with E-state index in [2.05, 4.69) is 110 Å². The van der Waals surface area contributed by atoms with Gasteiger partial charge >= 0.3 is 0 Å². The van der Waals surface area contributed by atoms with Crippen molar-refractivity contribution in [3.05, 3.63) is 93.6 Å². The van der Waals surface area contributed by atoms with Crippen LogP contribution in [0.3, 0.4) is 0 Å². The van der Waals surface area contributed by atoms with Gasteiger partial charge in [0, 0.05) is 3.57 Å². The lowest BCUT2D eigenvalue weighted by atomic mass is 10.0. The van der Waals surface area contributed by atoms with Crippen LogP contribution in [0.2, 0.25) is 0 Å². The number of aryl methyl sites for hydroxylation is 1. The van der Waals surface area contributed by atoms with Crippen LogP contribution in [-0.4, -0.2) is 0 Å². The molecule has 0 aliphatic heterocycles. The third kappa shape index (κ3) is 5.70. The van der Waals surface area contributed by atoms with Gasteiger partial charge in [0.15, 0.2) is 0 Å². The average molecular weight is 703 g/mol. The molecule has 0 atom stereocenters. The first-order valence-corrected chi connectivity index (χ1v) is 11.7. The topological polar surface area (TPSA) is 33.0 Å². The Kier molecular flexibility index (Phi) is 7.77. The summed E-state index contributed by atoms with van der Waals surface area (Å²) in [6.07, 6.45) is 1.93. The molecule has 0 fully saturated rings.